The summed E-state index contributed by atoms with van der Waals surface area (Å²) in [7, 11) is 0. The van der Waals surface area contributed by atoms with Crippen LogP contribution in [0.25, 0.3) is 0 Å². The Balaban J connectivity index is 2.04. The van der Waals surface area contributed by atoms with Crippen LogP contribution in [0.1, 0.15) is 18.5 Å². The van der Waals surface area contributed by atoms with Crippen LogP contribution in [0.2, 0.25) is 10.0 Å². The molecule has 0 saturated carbocycles. The highest BCUT2D eigenvalue weighted by atomic mass is 35.5. The minimum absolute atomic E-state index is 0.100. The van der Waals surface area contributed by atoms with Crippen LogP contribution in [0, 0.1) is 10.1 Å². The number of rotatable bonds is 4. The van der Waals surface area contributed by atoms with Gasteiger partial charge in [-0.15, -0.1) is 0 Å². The molecule has 0 heterocycles. The van der Waals surface area contributed by atoms with Crippen LogP contribution >= 0.6 is 23.2 Å². The Morgan fingerprint density at radius 3 is 2.61 bits per heavy atom. The highest BCUT2D eigenvalue weighted by Gasteiger charge is 2.14. The third-order valence-electron chi connectivity index (χ3n) is 3.09. The Kier molecular flexibility index (Phi) is 5.41. The number of nitro benzene ring substituents is 1. The Labute approximate surface area is 142 Å². The molecule has 2 aromatic rings. The van der Waals surface area contributed by atoms with Gasteiger partial charge in [0.15, 0.2) is 0 Å². The van der Waals surface area contributed by atoms with Crippen molar-refractivity contribution in [2.45, 2.75) is 13.0 Å². The number of amides is 2. The lowest BCUT2D eigenvalue weighted by atomic mass is 10.1. The maximum atomic E-state index is 12.0. The van der Waals surface area contributed by atoms with E-state index in [-0.39, 0.29) is 11.7 Å². The highest BCUT2D eigenvalue weighted by Crippen LogP contribution is 2.26. The number of carbonyl (C=O) groups excluding carboxylic acids is 1. The Bertz CT molecular complexity index is 752. The number of hydrogen-bond donors (Lipinski definition) is 2. The van der Waals surface area contributed by atoms with Crippen molar-refractivity contribution < 1.29 is 9.72 Å². The Hall–Kier alpha value is -2.31. The molecule has 0 aliphatic heterocycles. The van der Waals surface area contributed by atoms with E-state index in [9.17, 15) is 14.9 Å². The Morgan fingerprint density at radius 1 is 1.22 bits per heavy atom. The van der Waals surface area contributed by atoms with Gasteiger partial charge in [-0.05, 0) is 30.7 Å². The Morgan fingerprint density at radius 2 is 1.96 bits per heavy atom. The fourth-order valence-electron chi connectivity index (χ4n) is 1.99. The molecule has 8 heteroatoms. The van der Waals surface area contributed by atoms with Crippen LogP contribution in [0.3, 0.4) is 0 Å². The average molecular weight is 354 g/mol. The van der Waals surface area contributed by atoms with Crippen molar-refractivity contribution >= 4 is 40.6 Å². The second-order valence-corrected chi connectivity index (χ2v) is 5.64. The third kappa shape index (κ3) is 4.58. The van der Waals surface area contributed by atoms with Gasteiger partial charge in [-0.3, -0.25) is 10.1 Å². The van der Waals surface area contributed by atoms with Gasteiger partial charge < -0.3 is 10.6 Å². The van der Waals surface area contributed by atoms with E-state index in [0.717, 1.165) is 0 Å². The van der Waals surface area contributed by atoms with E-state index in [1.165, 1.54) is 18.2 Å². The second-order valence-electron chi connectivity index (χ2n) is 4.79. The molecule has 2 N–H and O–H groups in total. The summed E-state index contributed by atoms with van der Waals surface area (Å²) in [5.74, 6) is 0. The number of benzene rings is 2. The maximum absolute atomic E-state index is 12.0. The molecule has 1 atom stereocenters. The first-order chi connectivity index (χ1) is 10.9. The summed E-state index contributed by atoms with van der Waals surface area (Å²) in [6.45, 7) is 1.77. The molecule has 0 bridgehead atoms. The minimum Gasteiger partial charge on any atom is -0.331 e. The zero-order valence-corrected chi connectivity index (χ0v) is 13.6. The van der Waals surface area contributed by atoms with Gasteiger partial charge in [0.1, 0.15) is 0 Å². The van der Waals surface area contributed by atoms with Gasteiger partial charge in [-0.25, -0.2) is 4.79 Å². The van der Waals surface area contributed by atoms with Crippen LogP contribution < -0.4 is 10.6 Å². The normalized spacial score (nSPS) is 11.6. The van der Waals surface area contributed by atoms with Crippen LogP contribution in [0.15, 0.2) is 42.5 Å². The van der Waals surface area contributed by atoms with E-state index >= 15 is 0 Å². The number of anilines is 1. The standard InChI is InChI=1S/C15H13Cl2N3O3/c1-9(13-6-5-10(16)7-14(13)17)18-15(21)19-11-3-2-4-12(8-11)20(22)23/h2-9H,1H3,(H2,18,19,21). The van der Waals surface area contributed by atoms with Crippen molar-refractivity contribution in [3.63, 3.8) is 0 Å². The smallest absolute Gasteiger partial charge is 0.319 e. The van der Waals surface area contributed by atoms with Crippen LogP contribution in [0.4, 0.5) is 16.2 Å². The topological polar surface area (TPSA) is 84.3 Å². The maximum Gasteiger partial charge on any atom is 0.319 e. The molecular weight excluding hydrogens is 341 g/mol. The number of urea groups is 1. The van der Waals surface area contributed by atoms with Crippen molar-refractivity contribution in [3.05, 3.63) is 68.2 Å². The van der Waals surface area contributed by atoms with Crippen LogP contribution in [-0.2, 0) is 0 Å². The molecule has 0 aliphatic rings. The van der Waals surface area contributed by atoms with Gasteiger partial charge in [0.25, 0.3) is 5.69 Å². The van der Waals surface area contributed by atoms with Gasteiger partial charge in [-0.2, -0.15) is 0 Å². The monoisotopic (exact) mass is 353 g/mol. The van der Waals surface area contributed by atoms with E-state index in [2.05, 4.69) is 10.6 Å². The van der Waals surface area contributed by atoms with Gasteiger partial charge in [0, 0.05) is 27.9 Å². The molecular formula is C15H13Cl2N3O3. The summed E-state index contributed by atoms with van der Waals surface area (Å²) in [5, 5.41) is 16.9. The quantitative estimate of drug-likeness (QED) is 0.612. The first kappa shape index (κ1) is 17.1. The van der Waals surface area contributed by atoms with Gasteiger partial charge in [0.2, 0.25) is 0 Å². The van der Waals surface area contributed by atoms with E-state index in [1.807, 2.05) is 0 Å². The zero-order valence-electron chi connectivity index (χ0n) is 12.0. The molecule has 0 aliphatic carbocycles. The van der Waals surface area contributed by atoms with E-state index in [4.69, 9.17) is 23.2 Å². The lowest BCUT2D eigenvalue weighted by molar-refractivity contribution is -0.384. The van der Waals surface area contributed by atoms with Gasteiger partial charge in [-0.1, -0.05) is 35.3 Å². The summed E-state index contributed by atoms with van der Waals surface area (Å²) in [4.78, 5) is 22.2. The van der Waals surface area contributed by atoms with Crippen molar-refractivity contribution in [2.24, 2.45) is 0 Å². The largest absolute Gasteiger partial charge is 0.331 e. The summed E-state index contributed by atoms with van der Waals surface area (Å²) in [6, 6.07) is 9.82. The van der Waals surface area contributed by atoms with E-state index in [1.54, 1.807) is 31.2 Å². The highest BCUT2D eigenvalue weighted by molar-refractivity contribution is 6.35. The molecule has 2 aromatic carbocycles. The number of carbonyl (C=O) groups is 1. The molecule has 1 unspecified atom stereocenters. The molecule has 2 amide bonds. The number of non-ortho nitro benzene ring substituents is 1. The van der Waals surface area contributed by atoms with Crippen LogP contribution in [-0.4, -0.2) is 11.0 Å². The van der Waals surface area contributed by atoms with E-state index < -0.39 is 11.0 Å². The summed E-state index contributed by atoms with van der Waals surface area (Å²) in [6.07, 6.45) is 0. The number of halogens is 2. The van der Waals surface area contributed by atoms with Crippen molar-refractivity contribution in [3.8, 4) is 0 Å². The molecule has 120 valence electrons. The first-order valence-corrected chi connectivity index (χ1v) is 7.39. The molecule has 0 aromatic heterocycles. The summed E-state index contributed by atoms with van der Waals surface area (Å²) < 4.78 is 0. The molecule has 23 heavy (non-hydrogen) atoms. The van der Waals surface area contributed by atoms with E-state index in [0.29, 0.717) is 21.3 Å². The summed E-state index contributed by atoms with van der Waals surface area (Å²) >= 11 is 11.9. The van der Waals surface area contributed by atoms with Gasteiger partial charge in [0.05, 0.1) is 11.0 Å². The third-order valence-corrected chi connectivity index (χ3v) is 3.65. The minimum atomic E-state index is -0.529. The zero-order chi connectivity index (χ0) is 17.0. The number of nitrogens with zero attached hydrogens (tertiary/aromatic N) is 1. The average Bonchev–Trinajstić information content (AvgIpc) is 2.47. The predicted molar refractivity (Wildman–Crippen MR) is 90.1 cm³/mol. The first-order valence-electron chi connectivity index (χ1n) is 6.63. The fraction of sp³-hybridized carbons (Fsp3) is 0.133. The van der Waals surface area contributed by atoms with Crippen molar-refractivity contribution in [2.75, 3.05) is 5.32 Å². The second kappa shape index (κ2) is 7.30. The van der Waals surface area contributed by atoms with Crippen molar-refractivity contribution in [1.29, 1.82) is 0 Å². The predicted octanol–water partition coefficient (Wildman–Crippen LogP) is 4.78. The number of hydrogen-bond acceptors (Lipinski definition) is 3. The molecule has 0 saturated heterocycles. The lowest BCUT2D eigenvalue weighted by Crippen LogP contribution is -2.31. The number of nitro groups is 1. The molecule has 0 radical (unpaired) electrons. The number of nitrogens with one attached hydrogen (secondary N) is 2. The molecule has 6 nitrogen and oxygen atoms in total. The van der Waals surface area contributed by atoms with Crippen LogP contribution in [0.5, 0.6) is 0 Å². The fourth-order valence-corrected chi connectivity index (χ4v) is 2.56. The molecule has 2 rings (SSSR count). The van der Waals surface area contributed by atoms with Gasteiger partial charge >= 0.3 is 6.03 Å². The van der Waals surface area contributed by atoms with Crippen molar-refractivity contribution in [1.82, 2.24) is 5.32 Å². The molecule has 0 spiro atoms. The lowest BCUT2D eigenvalue weighted by Gasteiger charge is -2.16. The SMILES string of the molecule is CC(NC(=O)Nc1cccc([N+](=O)[O-])c1)c1ccc(Cl)cc1Cl. The summed E-state index contributed by atoms with van der Waals surface area (Å²) in [5.41, 5.74) is 0.938. The molecule has 0 fully saturated rings.